The number of nitrogens with one attached hydrogen (secondary N) is 1. The summed E-state index contributed by atoms with van der Waals surface area (Å²) in [7, 11) is -20.7. The Balaban J connectivity index is 1.09. The predicted octanol–water partition coefficient (Wildman–Crippen LogP) is 20.5. The van der Waals surface area contributed by atoms with Crippen LogP contribution in [-0.2, 0) is 0 Å². The van der Waals surface area contributed by atoms with E-state index in [0.29, 0.717) is 102 Å². The van der Waals surface area contributed by atoms with E-state index in [2.05, 4.69) is 0 Å². The van der Waals surface area contributed by atoms with Crippen molar-refractivity contribution in [3.63, 3.8) is 0 Å². The molecule has 5 aliphatic rings. The van der Waals surface area contributed by atoms with Gasteiger partial charge in [0.2, 0.25) is 0 Å². The van der Waals surface area contributed by atoms with Crippen molar-refractivity contribution in [2.24, 2.45) is 18.1 Å². The van der Waals surface area contributed by atoms with Crippen molar-refractivity contribution in [2.45, 2.75) is 0 Å². The van der Waals surface area contributed by atoms with Crippen molar-refractivity contribution in [1.82, 2.24) is 0 Å². The first-order chi connectivity index (χ1) is 39.3. The molecule has 20 heteroatoms. The summed E-state index contributed by atoms with van der Waals surface area (Å²) in [5.41, 5.74) is 7.08. The van der Waals surface area contributed by atoms with Crippen molar-refractivity contribution in [3.05, 3.63) is 243 Å². The zero-order valence-electron chi connectivity index (χ0n) is 41.7. The monoisotopic (exact) mass is 1150 g/mol. The summed E-state index contributed by atoms with van der Waals surface area (Å²) in [6, 6.07) is 75.1. The Bertz CT molecular complexity index is 4220. The average Bonchev–Trinajstić information content (AvgIpc) is 3.99. The van der Waals surface area contributed by atoms with E-state index in [0.717, 1.165) is 11.1 Å². The van der Waals surface area contributed by atoms with Gasteiger partial charge in [-0.05, 0) is 60.7 Å². The van der Waals surface area contributed by atoms with Crippen LogP contribution in [-0.4, -0.2) is 0 Å². The SMILES string of the molecule is N=P1(N=P2(N=P3(N=P4(N=[P+]5Oc6ccccc6-c6ccccc6O5)Oc5ccccc5-c5ccccc5O4)Oc4ccccc4-c4ccccc4O3)Oc3ccccc3-c3ccccc3O2)Oc2ccccc2-c2ccccc2O1. The molecule has 0 amide bonds. The molecule has 0 aromatic heterocycles. The molecule has 10 aromatic carbocycles. The molecule has 0 spiro atoms. The topological polar surface area (TPSA) is 166 Å². The van der Waals surface area contributed by atoms with Gasteiger partial charge in [-0.25, -0.2) is 14.2 Å². The van der Waals surface area contributed by atoms with Crippen LogP contribution in [0.3, 0.4) is 0 Å². The zero-order chi connectivity index (χ0) is 53.3. The first kappa shape index (κ1) is 48.4. The first-order valence-corrected chi connectivity index (χ1v) is 32.5. The molecule has 80 heavy (non-hydrogen) atoms. The van der Waals surface area contributed by atoms with Crippen LogP contribution in [0.1, 0.15) is 0 Å². The fourth-order valence-corrected chi connectivity index (χ4v) is 22.0. The highest BCUT2D eigenvalue weighted by atomic mass is 31.3. The molecule has 15 nitrogen and oxygen atoms in total. The molecule has 0 fully saturated rings. The number of hydrogen-bond acceptors (Lipinski definition) is 11. The fraction of sp³-hybridized carbons (Fsp3) is 0. The molecule has 1 N–H and O–H groups in total. The highest BCUT2D eigenvalue weighted by Crippen LogP contribution is 2.78. The standard InChI is InChI=1S/C60H41N5O10P5/c61-77(68-53-33-13-3-23-43(53)44-24-4-14-34-54(44)69-77)63-79(72-57-37-17-7-27-47(57)48-28-8-18-38-58(48)73-79)65-80(74-59-39-19-9-29-49(59)50-30-10-20-40-60(50)75-80)64-78(70-55-35-15-5-25-45(55)46-26-6-16-36-56(46)71-78)62-76-66-51-31-11-1-21-41(51)42-22-2-12-32-52(42)67-76/h1-40,61H/q+1. The maximum Gasteiger partial charge on any atom is 0.679 e. The second kappa shape index (κ2) is 19.2. The van der Waals surface area contributed by atoms with E-state index in [1.165, 1.54) is 0 Å². The summed E-state index contributed by atoms with van der Waals surface area (Å²) in [6.45, 7) is 0. The Morgan fingerprint density at radius 2 is 0.438 bits per heavy atom. The van der Waals surface area contributed by atoms with Gasteiger partial charge in [0, 0.05) is 55.6 Å². The molecule has 5 aliphatic heterocycles. The van der Waals surface area contributed by atoms with E-state index in [-0.39, 0.29) is 0 Å². The molecule has 0 saturated carbocycles. The molecule has 0 radical (unpaired) electrons. The maximum atomic E-state index is 10.5. The summed E-state index contributed by atoms with van der Waals surface area (Å²) in [5, 5.41) is 10.5. The van der Waals surface area contributed by atoms with Gasteiger partial charge in [0.15, 0.2) is 11.5 Å². The van der Waals surface area contributed by atoms with Gasteiger partial charge in [-0.15, -0.1) is 0 Å². The number of para-hydroxylation sites is 10. The molecule has 390 valence electrons. The van der Waals surface area contributed by atoms with Crippen LogP contribution in [0.15, 0.2) is 261 Å². The molecule has 0 saturated heterocycles. The number of fused-ring (bicyclic) bond motifs is 15. The Hall–Kier alpha value is -8.78. The Morgan fingerprint density at radius 3 is 0.725 bits per heavy atom. The van der Waals surface area contributed by atoms with E-state index in [9.17, 15) is 5.16 Å². The van der Waals surface area contributed by atoms with E-state index in [4.69, 9.17) is 63.3 Å². The molecule has 10 aromatic rings. The van der Waals surface area contributed by atoms with Gasteiger partial charge >= 0.3 is 38.8 Å². The summed E-state index contributed by atoms with van der Waals surface area (Å²) < 4.78 is 93.8. The molecular formula is C60H41N5O10P5+. The summed E-state index contributed by atoms with van der Waals surface area (Å²) in [4.78, 5) is 0. The fourth-order valence-electron chi connectivity index (χ4n) is 9.86. The maximum absolute atomic E-state index is 10.5. The molecule has 0 aliphatic carbocycles. The molecule has 0 bridgehead atoms. The number of benzene rings is 10. The van der Waals surface area contributed by atoms with Gasteiger partial charge in [0.05, 0.1) is 4.52 Å². The lowest BCUT2D eigenvalue weighted by atomic mass is 10.0. The van der Waals surface area contributed by atoms with Crippen LogP contribution in [0.5, 0.6) is 57.5 Å². The zero-order valence-corrected chi connectivity index (χ0v) is 46.2. The molecule has 5 heterocycles. The predicted molar refractivity (Wildman–Crippen MR) is 313 cm³/mol. The van der Waals surface area contributed by atoms with E-state index in [1.807, 2.05) is 218 Å². The van der Waals surface area contributed by atoms with Crippen LogP contribution in [0.4, 0.5) is 0 Å². The summed E-state index contributed by atoms with van der Waals surface area (Å²) >= 11 is 0. The minimum Gasteiger partial charge on any atom is -0.413 e. The number of rotatable bonds is 4. The number of hydrogen-bond donors (Lipinski definition) is 1. The van der Waals surface area contributed by atoms with E-state index >= 15 is 0 Å². The minimum atomic E-state index is -4.72. The van der Waals surface area contributed by atoms with Gasteiger partial charge in [0.25, 0.3) is 0 Å². The highest BCUT2D eigenvalue weighted by molar-refractivity contribution is 7.75. The average molecular weight is 1150 g/mol. The second-order valence-electron chi connectivity index (χ2n) is 18.5. The van der Waals surface area contributed by atoms with Crippen molar-refractivity contribution in [3.8, 4) is 113 Å². The highest BCUT2D eigenvalue weighted by Gasteiger charge is 2.50. The lowest BCUT2D eigenvalue weighted by Gasteiger charge is -2.27. The van der Waals surface area contributed by atoms with Gasteiger partial charge in [-0.3, -0.25) is 0 Å². The van der Waals surface area contributed by atoms with Crippen LogP contribution in [0.25, 0.3) is 55.6 Å². The largest absolute Gasteiger partial charge is 0.679 e. The van der Waals surface area contributed by atoms with Gasteiger partial charge in [-0.2, -0.15) is 0 Å². The Kier molecular flexibility index (Phi) is 11.6. The molecule has 0 unspecified atom stereocenters. The van der Waals surface area contributed by atoms with E-state index in [1.54, 1.807) is 24.3 Å². The summed E-state index contributed by atoms with van der Waals surface area (Å²) in [6.07, 6.45) is 0. The Morgan fingerprint density at radius 1 is 0.237 bits per heavy atom. The van der Waals surface area contributed by atoms with Crippen LogP contribution in [0, 0.1) is 5.16 Å². The Labute approximate surface area is 460 Å². The number of nitrogens with zero attached hydrogens (tertiary/aromatic N) is 4. The van der Waals surface area contributed by atoms with Gasteiger partial charge in [0.1, 0.15) is 46.0 Å². The van der Waals surface area contributed by atoms with Crippen LogP contribution >= 0.6 is 38.8 Å². The van der Waals surface area contributed by atoms with E-state index < -0.39 is 38.8 Å². The summed E-state index contributed by atoms with van der Waals surface area (Å²) in [5.74, 6) is 3.81. The van der Waals surface area contributed by atoms with Crippen molar-refractivity contribution >= 4 is 38.8 Å². The second-order valence-corrected chi connectivity index (χ2v) is 27.6. The van der Waals surface area contributed by atoms with Crippen LogP contribution in [0.2, 0.25) is 0 Å². The van der Waals surface area contributed by atoms with Crippen LogP contribution < -0.4 is 45.2 Å². The molecule has 0 atom stereocenters. The normalized spacial score (nSPS) is 16.2. The minimum absolute atomic E-state index is 0.328. The first-order valence-electron chi connectivity index (χ1n) is 25.2. The molecule has 15 rings (SSSR count). The van der Waals surface area contributed by atoms with Crippen molar-refractivity contribution in [1.29, 1.82) is 5.16 Å². The lowest BCUT2D eigenvalue weighted by molar-refractivity contribution is 0.458. The smallest absolute Gasteiger partial charge is 0.413 e. The van der Waals surface area contributed by atoms with Gasteiger partial charge in [-0.1, -0.05) is 196 Å². The van der Waals surface area contributed by atoms with Gasteiger partial charge < -0.3 is 36.2 Å². The third-order valence-corrected chi connectivity index (χ3v) is 24.4. The molecular weight excluding hydrogens is 1110 g/mol. The lowest BCUT2D eigenvalue weighted by Crippen LogP contribution is -2.06. The quantitative estimate of drug-likeness (QED) is 0.168. The third-order valence-electron chi connectivity index (χ3n) is 13.3. The van der Waals surface area contributed by atoms with Crippen molar-refractivity contribution in [2.75, 3.05) is 0 Å². The van der Waals surface area contributed by atoms with Crippen molar-refractivity contribution < 1.29 is 45.2 Å². The third kappa shape index (κ3) is 8.72.